The minimum Gasteiger partial charge on any atom is -0.508 e. The van der Waals surface area contributed by atoms with Gasteiger partial charge in [0, 0.05) is 0 Å². The van der Waals surface area contributed by atoms with Crippen molar-refractivity contribution in [1.82, 2.24) is 0 Å². The van der Waals surface area contributed by atoms with Crippen LogP contribution in [0.1, 0.15) is 11.5 Å². The number of ether oxygens (including phenoxy) is 1. The minimum absolute atomic E-state index is 0.158. The van der Waals surface area contributed by atoms with Crippen molar-refractivity contribution in [2.45, 2.75) is 5.92 Å². The van der Waals surface area contributed by atoms with Crippen molar-refractivity contribution in [3.63, 3.8) is 0 Å². The maximum Gasteiger partial charge on any atom is 0.317 e. The SMILES string of the molecule is C=CCOC(=O)C(C=C)c1ccc(O)cc1. The second-order valence-corrected chi connectivity index (χ2v) is 3.22. The van der Waals surface area contributed by atoms with Gasteiger partial charge in [-0.15, -0.1) is 6.58 Å². The summed E-state index contributed by atoms with van der Waals surface area (Å²) in [5.74, 6) is -0.729. The molecule has 0 aliphatic carbocycles. The van der Waals surface area contributed by atoms with Crippen LogP contribution in [0.2, 0.25) is 0 Å². The standard InChI is InChI=1S/C13H14O3/c1-3-9-16-13(15)12(4-2)10-5-7-11(14)8-6-10/h3-8,12,14H,1-2,9H2. The Morgan fingerprint density at radius 1 is 1.38 bits per heavy atom. The summed E-state index contributed by atoms with van der Waals surface area (Å²) in [5, 5.41) is 9.14. The van der Waals surface area contributed by atoms with Gasteiger partial charge in [0.15, 0.2) is 0 Å². The van der Waals surface area contributed by atoms with E-state index in [9.17, 15) is 4.79 Å². The topological polar surface area (TPSA) is 46.5 Å². The summed E-state index contributed by atoms with van der Waals surface area (Å²) in [6, 6.07) is 6.37. The summed E-state index contributed by atoms with van der Waals surface area (Å²) in [6.07, 6.45) is 3.02. The van der Waals surface area contributed by atoms with Crippen LogP contribution in [0.15, 0.2) is 49.6 Å². The molecule has 3 heteroatoms. The molecule has 16 heavy (non-hydrogen) atoms. The Kier molecular flexibility index (Phi) is 4.33. The molecule has 0 aromatic heterocycles. The number of carbonyl (C=O) groups is 1. The van der Waals surface area contributed by atoms with E-state index in [2.05, 4.69) is 13.2 Å². The van der Waals surface area contributed by atoms with E-state index < -0.39 is 5.92 Å². The summed E-state index contributed by atoms with van der Waals surface area (Å²) in [7, 11) is 0. The van der Waals surface area contributed by atoms with Crippen LogP contribution in [-0.2, 0) is 9.53 Å². The molecular weight excluding hydrogens is 204 g/mol. The lowest BCUT2D eigenvalue weighted by Crippen LogP contribution is -2.14. The van der Waals surface area contributed by atoms with Crippen molar-refractivity contribution in [3.8, 4) is 5.75 Å². The highest BCUT2D eigenvalue weighted by Gasteiger charge is 2.18. The Hall–Kier alpha value is -2.03. The molecule has 0 aliphatic heterocycles. The Labute approximate surface area is 94.7 Å². The predicted molar refractivity (Wildman–Crippen MR) is 62.2 cm³/mol. The zero-order valence-corrected chi connectivity index (χ0v) is 8.93. The van der Waals surface area contributed by atoms with E-state index in [4.69, 9.17) is 9.84 Å². The lowest BCUT2D eigenvalue weighted by atomic mass is 9.99. The van der Waals surface area contributed by atoms with Crippen molar-refractivity contribution in [2.75, 3.05) is 6.61 Å². The van der Waals surface area contributed by atoms with Crippen LogP contribution >= 0.6 is 0 Å². The van der Waals surface area contributed by atoms with E-state index in [0.29, 0.717) is 0 Å². The summed E-state index contributed by atoms with van der Waals surface area (Å²) in [4.78, 5) is 11.6. The van der Waals surface area contributed by atoms with Gasteiger partial charge in [-0.2, -0.15) is 0 Å². The van der Waals surface area contributed by atoms with E-state index in [0.717, 1.165) is 5.56 Å². The lowest BCUT2D eigenvalue weighted by molar-refractivity contribution is -0.142. The second kappa shape index (κ2) is 5.75. The molecule has 0 saturated carbocycles. The molecule has 0 aliphatic rings. The normalized spacial score (nSPS) is 11.5. The van der Waals surface area contributed by atoms with Crippen molar-refractivity contribution >= 4 is 5.97 Å². The van der Waals surface area contributed by atoms with E-state index in [-0.39, 0.29) is 18.3 Å². The van der Waals surface area contributed by atoms with E-state index in [1.54, 1.807) is 12.1 Å². The van der Waals surface area contributed by atoms with Crippen LogP contribution in [0.3, 0.4) is 0 Å². The van der Waals surface area contributed by atoms with Crippen LogP contribution in [-0.4, -0.2) is 17.7 Å². The maximum absolute atomic E-state index is 11.6. The molecule has 0 bridgehead atoms. The number of phenolic OH excluding ortho intramolecular Hbond substituents is 1. The van der Waals surface area contributed by atoms with Gasteiger partial charge in [-0.3, -0.25) is 4.79 Å². The largest absolute Gasteiger partial charge is 0.508 e. The highest BCUT2D eigenvalue weighted by Crippen LogP contribution is 2.21. The smallest absolute Gasteiger partial charge is 0.317 e. The molecule has 1 rings (SSSR count). The fraction of sp³-hybridized carbons (Fsp3) is 0.154. The van der Waals surface area contributed by atoms with Gasteiger partial charge < -0.3 is 9.84 Å². The van der Waals surface area contributed by atoms with Crippen molar-refractivity contribution in [1.29, 1.82) is 0 Å². The fourth-order valence-corrected chi connectivity index (χ4v) is 1.28. The number of aromatic hydroxyl groups is 1. The first-order valence-corrected chi connectivity index (χ1v) is 4.88. The van der Waals surface area contributed by atoms with Gasteiger partial charge in [-0.05, 0) is 17.7 Å². The van der Waals surface area contributed by atoms with Crippen LogP contribution in [0, 0.1) is 0 Å². The molecule has 1 N–H and O–H groups in total. The van der Waals surface area contributed by atoms with Gasteiger partial charge in [0.25, 0.3) is 0 Å². The van der Waals surface area contributed by atoms with E-state index in [1.807, 2.05) is 0 Å². The van der Waals surface area contributed by atoms with Crippen molar-refractivity contribution in [3.05, 3.63) is 55.1 Å². The molecule has 84 valence electrons. The molecule has 1 aromatic rings. The van der Waals surface area contributed by atoms with Crippen LogP contribution in [0.5, 0.6) is 5.75 Å². The number of hydrogen-bond acceptors (Lipinski definition) is 3. The molecule has 0 saturated heterocycles. The molecule has 0 radical (unpaired) electrons. The summed E-state index contributed by atoms with van der Waals surface area (Å²) < 4.78 is 4.94. The second-order valence-electron chi connectivity index (χ2n) is 3.22. The van der Waals surface area contributed by atoms with Gasteiger partial charge in [-0.25, -0.2) is 0 Å². The van der Waals surface area contributed by atoms with Crippen molar-refractivity contribution < 1.29 is 14.6 Å². The third kappa shape index (κ3) is 2.98. The fourth-order valence-electron chi connectivity index (χ4n) is 1.28. The monoisotopic (exact) mass is 218 g/mol. The van der Waals surface area contributed by atoms with Gasteiger partial charge in [0.05, 0.1) is 5.92 Å². The highest BCUT2D eigenvalue weighted by molar-refractivity contribution is 5.80. The van der Waals surface area contributed by atoms with Crippen LogP contribution < -0.4 is 0 Å². The van der Waals surface area contributed by atoms with Gasteiger partial charge in [-0.1, -0.05) is 30.9 Å². The minimum atomic E-state index is -0.513. The average Bonchev–Trinajstić information content (AvgIpc) is 2.30. The molecule has 1 atom stereocenters. The molecule has 0 spiro atoms. The Morgan fingerprint density at radius 2 is 2.00 bits per heavy atom. The molecular formula is C13H14O3. The Bertz CT molecular complexity index is 379. The molecule has 0 amide bonds. The third-order valence-corrected chi connectivity index (χ3v) is 2.09. The molecule has 0 heterocycles. The zero-order valence-electron chi connectivity index (χ0n) is 8.93. The maximum atomic E-state index is 11.6. The van der Waals surface area contributed by atoms with Crippen LogP contribution in [0.25, 0.3) is 0 Å². The average molecular weight is 218 g/mol. The third-order valence-electron chi connectivity index (χ3n) is 2.09. The number of hydrogen-bond donors (Lipinski definition) is 1. The summed E-state index contributed by atoms with van der Waals surface area (Å²) in [6.45, 7) is 7.25. The number of esters is 1. The lowest BCUT2D eigenvalue weighted by Gasteiger charge is -2.11. The van der Waals surface area contributed by atoms with E-state index in [1.165, 1.54) is 24.3 Å². The first-order valence-electron chi connectivity index (χ1n) is 4.88. The number of carbonyl (C=O) groups excluding carboxylic acids is 1. The zero-order chi connectivity index (χ0) is 12.0. The first-order chi connectivity index (χ1) is 7.69. The van der Waals surface area contributed by atoms with Gasteiger partial charge in [0.1, 0.15) is 12.4 Å². The number of benzene rings is 1. The highest BCUT2D eigenvalue weighted by atomic mass is 16.5. The summed E-state index contributed by atoms with van der Waals surface area (Å²) in [5.41, 5.74) is 0.738. The first kappa shape index (κ1) is 12.0. The molecule has 1 aromatic carbocycles. The summed E-state index contributed by atoms with van der Waals surface area (Å²) >= 11 is 0. The number of phenols is 1. The molecule has 1 unspecified atom stereocenters. The Balaban J connectivity index is 2.81. The predicted octanol–water partition coefficient (Wildman–Crippen LogP) is 2.39. The molecule has 0 fully saturated rings. The van der Waals surface area contributed by atoms with Gasteiger partial charge in [0.2, 0.25) is 0 Å². The van der Waals surface area contributed by atoms with E-state index >= 15 is 0 Å². The van der Waals surface area contributed by atoms with Crippen LogP contribution in [0.4, 0.5) is 0 Å². The Morgan fingerprint density at radius 3 is 2.50 bits per heavy atom. The van der Waals surface area contributed by atoms with Crippen molar-refractivity contribution in [2.24, 2.45) is 0 Å². The molecule has 3 nitrogen and oxygen atoms in total. The van der Waals surface area contributed by atoms with Gasteiger partial charge >= 0.3 is 5.97 Å². The quantitative estimate of drug-likeness (QED) is 0.609. The number of rotatable bonds is 5.